The molecule has 3 N–H and O–H groups in total. The van der Waals surface area contributed by atoms with E-state index in [-0.39, 0.29) is 29.8 Å². The number of hydrogen-bond acceptors (Lipinski definition) is 3. The fourth-order valence-electron chi connectivity index (χ4n) is 1.86. The van der Waals surface area contributed by atoms with Crippen LogP contribution in [0.25, 0.3) is 0 Å². The highest BCUT2D eigenvalue weighted by Gasteiger charge is 2.15. The molecule has 148 valence electrons. The van der Waals surface area contributed by atoms with Crippen LogP contribution in [0.2, 0.25) is 0 Å². The molecule has 1 amide bonds. The minimum atomic E-state index is -0.503. The predicted molar refractivity (Wildman–Crippen MR) is 117 cm³/mol. The van der Waals surface area contributed by atoms with E-state index < -0.39 is 11.7 Å². The first-order chi connectivity index (χ1) is 11.7. The summed E-state index contributed by atoms with van der Waals surface area (Å²) in [6, 6.07) is 4.93. The van der Waals surface area contributed by atoms with Crippen molar-refractivity contribution in [1.82, 2.24) is 16.0 Å². The van der Waals surface area contributed by atoms with Crippen molar-refractivity contribution in [2.24, 2.45) is 4.99 Å². The quantitative estimate of drug-likeness (QED) is 0.220. The number of alkyl carbamates (subject to hydrolysis) is 1. The molecule has 1 aromatic carbocycles. The molecule has 0 aliphatic rings. The lowest BCUT2D eigenvalue weighted by Gasteiger charge is -2.19. The fraction of sp³-hybridized carbons (Fsp3) is 0.529. The predicted octanol–water partition coefficient (Wildman–Crippen LogP) is 3.79. The average molecular weight is 545 g/mol. The highest BCUT2D eigenvalue weighted by Crippen LogP contribution is 2.14. The highest BCUT2D eigenvalue weighted by atomic mass is 127. The van der Waals surface area contributed by atoms with Gasteiger partial charge in [-0.05, 0) is 39.3 Å². The number of amides is 1. The first-order valence-corrected chi connectivity index (χ1v) is 8.86. The Morgan fingerprint density at radius 1 is 1.23 bits per heavy atom. The Kier molecular flexibility index (Phi) is 11.8. The molecule has 26 heavy (non-hydrogen) atoms. The van der Waals surface area contributed by atoms with Gasteiger partial charge in [0.1, 0.15) is 11.4 Å². The Balaban J connectivity index is 0.00000625. The molecule has 0 saturated carbocycles. The van der Waals surface area contributed by atoms with Gasteiger partial charge in [0.05, 0.1) is 0 Å². The van der Waals surface area contributed by atoms with Gasteiger partial charge in [0.2, 0.25) is 0 Å². The van der Waals surface area contributed by atoms with Gasteiger partial charge in [-0.3, -0.25) is 4.99 Å². The molecule has 9 heteroatoms. The Morgan fingerprint density at radius 2 is 1.88 bits per heavy atom. The van der Waals surface area contributed by atoms with Crippen LogP contribution in [0.1, 0.15) is 32.8 Å². The van der Waals surface area contributed by atoms with Crippen LogP contribution in [-0.2, 0) is 11.3 Å². The summed E-state index contributed by atoms with van der Waals surface area (Å²) >= 11 is 3.23. The smallest absolute Gasteiger partial charge is 0.407 e. The topological polar surface area (TPSA) is 74.8 Å². The number of halogens is 3. The van der Waals surface area contributed by atoms with Crippen LogP contribution < -0.4 is 16.0 Å². The zero-order valence-corrected chi connectivity index (χ0v) is 19.4. The Hall–Kier alpha value is -1.10. The maximum absolute atomic E-state index is 13.8. The lowest BCUT2D eigenvalue weighted by molar-refractivity contribution is 0.0527. The second-order valence-corrected chi connectivity index (χ2v) is 7.29. The minimum Gasteiger partial charge on any atom is -0.444 e. The van der Waals surface area contributed by atoms with Crippen molar-refractivity contribution in [3.63, 3.8) is 0 Å². The SMILES string of the molecule is CN=C(NCCCNC(=O)OC(C)(C)C)NCc1ccc(Br)cc1F.I. The maximum atomic E-state index is 13.8. The normalized spacial score (nSPS) is 11.4. The Bertz CT molecular complexity index is 609. The molecule has 0 unspecified atom stereocenters. The summed E-state index contributed by atoms with van der Waals surface area (Å²) in [5.41, 5.74) is 0.0501. The number of benzene rings is 1. The third-order valence-electron chi connectivity index (χ3n) is 3.00. The molecular weight excluding hydrogens is 518 g/mol. The lowest BCUT2D eigenvalue weighted by Crippen LogP contribution is -2.39. The molecule has 0 spiro atoms. The van der Waals surface area contributed by atoms with E-state index in [4.69, 9.17) is 4.74 Å². The van der Waals surface area contributed by atoms with E-state index in [1.165, 1.54) is 6.07 Å². The number of nitrogens with one attached hydrogen (secondary N) is 3. The molecule has 0 fully saturated rings. The zero-order valence-electron chi connectivity index (χ0n) is 15.5. The summed E-state index contributed by atoms with van der Waals surface area (Å²) in [4.78, 5) is 15.6. The van der Waals surface area contributed by atoms with E-state index in [1.54, 1.807) is 19.2 Å². The van der Waals surface area contributed by atoms with Gasteiger partial charge in [0, 0.05) is 36.7 Å². The molecule has 0 bridgehead atoms. The first kappa shape index (κ1) is 24.9. The summed E-state index contributed by atoms with van der Waals surface area (Å²) in [5, 5.41) is 8.84. The summed E-state index contributed by atoms with van der Waals surface area (Å²) in [5.74, 6) is 0.290. The van der Waals surface area contributed by atoms with Crippen LogP contribution in [0.3, 0.4) is 0 Å². The number of nitrogens with zero attached hydrogens (tertiary/aromatic N) is 1. The standard InChI is InChI=1S/C17H26BrFN4O2.HI/c1-17(2,3)25-16(24)22-9-5-8-21-15(20-4)23-11-12-6-7-13(18)10-14(12)19;/h6-7,10H,5,8-9,11H2,1-4H3,(H,22,24)(H2,20,21,23);1H. The van der Waals surface area contributed by atoms with E-state index in [1.807, 2.05) is 20.8 Å². The first-order valence-electron chi connectivity index (χ1n) is 8.06. The lowest BCUT2D eigenvalue weighted by atomic mass is 10.2. The van der Waals surface area contributed by atoms with Gasteiger partial charge in [-0.2, -0.15) is 0 Å². The number of hydrogen-bond donors (Lipinski definition) is 3. The van der Waals surface area contributed by atoms with Crippen molar-refractivity contribution in [2.75, 3.05) is 20.1 Å². The van der Waals surface area contributed by atoms with Gasteiger partial charge in [-0.15, -0.1) is 24.0 Å². The van der Waals surface area contributed by atoms with Gasteiger partial charge in [-0.25, -0.2) is 9.18 Å². The van der Waals surface area contributed by atoms with E-state index in [0.717, 1.165) is 0 Å². The van der Waals surface area contributed by atoms with Gasteiger partial charge in [-0.1, -0.05) is 22.0 Å². The number of carbonyl (C=O) groups is 1. The minimum absolute atomic E-state index is 0. The summed E-state index contributed by atoms with van der Waals surface area (Å²) in [6.45, 7) is 6.88. The Labute approximate surface area is 179 Å². The maximum Gasteiger partial charge on any atom is 0.407 e. The molecule has 0 atom stereocenters. The molecule has 1 rings (SSSR count). The van der Waals surface area contributed by atoms with Gasteiger partial charge in [0.15, 0.2) is 5.96 Å². The number of carbonyl (C=O) groups excluding carboxylic acids is 1. The number of ether oxygens (including phenoxy) is 1. The second kappa shape index (κ2) is 12.3. The van der Waals surface area contributed by atoms with Crippen LogP contribution in [-0.4, -0.2) is 37.8 Å². The van der Waals surface area contributed by atoms with Gasteiger partial charge in [0.25, 0.3) is 0 Å². The fourth-order valence-corrected chi connectivity index (χ4v) is 2.20. The Morgan fingerprint density at radius 3 is 2.46 bits per heavy atom. The molecule has 0 saturated heterocycles. The van der Waals surface area contributed by atoms with Crippen molar-refractivity contribution >= 4 is 52.0 Å². The summed E-state index contributed by atoms with van der Waals surface area (Å²) < 4.78 is 19.6. The van der Waals surface area contributed by atoms with Crippen molar-refractivity contribution in [1.29, 1.82) is 0 Å². The van der Waals surface area contributed by atoms with E-state index in [9.17, 15) is 9.18 Å². The zero-order chi connectivity index (χ0) is 18.9. The molecule has 0 heterocycles. The highest BCUT2D eigenvalue weighted by molar-refractivity contribution is 14.0. The van der Waals surface area contributed by atoms with Gasteiger partial charge < -0.3 is 20.7 Å². The molecule has 0 aliphatic carbocycles. The van der Waals surface area contributed by atoms with Crippen LogP contribution in [0.5, 0.6) is 0 Å². The van der Waals surface area contributed by atoms with Crippen LogP contribution in [0.4, 0.5) is 9.18 Å². The molecular formula is C17H27BrFIN4O2. The van der Waals surface area contributed by atoms with Crippen molar-refractivity contribution in [3.05, 3.63) is 34.1 Å². The number of guanidine groups is 1. The van der Waals surface area contributed by atoms with Crippen molar-refractivity contribution in [2.45, 2.75) is 39.3 Å². The van der Waals surface area contributed by atoms with Crippen molar-refractivity contribution < 1.29 is 13.9 Å². The largest absolute Gasteiger partial charge is 0.444 e. The molecule has 1 aromatic rings. The summed E-state index contributed by atoms with van der Waals surface area (Å²) in [7, 11) is 1.65. The van der Waals surface area contributed by atoms with Crippen molar-refractivity contribution in [3.8, 4) is 0 Å². The third kappa shape index (κ3) is 10.8. The molecule has 0 aliphatic heterocycles. The number of rotatable bonds is 6. The van der Waals surface area contributed by atoms with E-state index >= 15 is 0 Å². The number of aliphatic imine (C=N–C) groups is 1. The molecule has 0 radical (unpaired) electrons. The van der Waals surface area contributed by atoms with E-state index in [0.29, 0.717) is 42.1 Å². The third-order valence-corrected chi connectivity index (χ3v) is 3.49. The molecule has 6 nitrogen and oxygen atoms in total. The molecule has 0 aromatic heterocycles. The second-order valence-electron chi connectivity index (χ2n) is 6.37. The van der Waals surface area contributed by atoms with E-state index in [2.05, 4.69) is 36.9 Å². The van der Waals surface area contributed by atoms with Crippen LogP contribution in [0, 0.1) is 5.82 Å². The van der Waals surface area contributed by atoms with Gasteiger partial charge >= 0.3 is 6.09 Å². The van der Waals surface area contributed by atoms with Crippen LogP contribution in [0.15, 0.2) is 27.7 Å². The summed E-state index contributed by atoms with van der Waals surface area (Å²) in [6.07, 6.45) is 0.271. The average Bonchev–Trinajstić information content (AvgIpc) is 2.49. The monoisotopic (exact) mass is 544 g/mol. The van der Waals surface area contributed by atoms with Crippen LogP contribution >= 0.6 is 39.9 Å².